The highest BCUT2D eigenvalue weighted by Gasteiger charge is 2.42. The van der Waals surface area contributed by atoms with Gasteiger partial charge in [0.05, 0.1) is 13.8 Å². The zero-order valence-corrected chi connectivity index (χ0v) is 29.6. The molecule has 0 aromatic heterocycles. The largest absolute Gasteiger partial charge is 0.310 e. The summed E-state index contributed by atoms with van der Waals surface area (Å²) in [4.78, 5) is 2.49. The molecule has 2 aliphatic rings. The molecule has 0 saturated carbocycles. The van der Waals surface area contributed by atoms with Crippen LogP contribution in [0.2, 0.25) is 19.6 Å². The molecule has 0 spiro atoms. The molecule has 1 nitrogen and oxygen atoms in total. The normalized spacial score (nSPS) is 15.0. The van der Waals surface area contributed by atoms with Crippen molar-refractivity contribution < 1.29 is 0 Å². The van der Waals surface area contributed by atoms with E-state index in [1.54, 1.807) is 0 Å². The van der Waals surface area contributed by atoms with Crippen molar-refractivity contribution in [1.29, 1.82) is 0 Å². The highest BCUT2D eigenvalue weighted by molar-refractivity contribution is 6.88. The quantitative estimate of drug-likeness (QED) is 0.172. The third-order valence-corrected chi connectivity index (χ3v) is 12.9. The fraction of sp³-hybridized carbons (Fsp3) is 0.200. The number of benzene rings is 6. The summed E-state index contributed by atoms with van der Waals surface area (Å²) in [5.74, 6) is 0. The number of hydrogen-bond donors (Lipinski definition) is 0. The highest BCUT2D eigenvalue weighted by atomic mass is 28.3. The Kier molecular flexibility index (Phi) is 6.59. The van der Waals surface area contributed by atoms with E-state index in [-0.39, 0.29) is 10.8 Å². The lowest BCUT2D eigenvalue weighted by Gasteiger charge is -2.29. The summed E-state index contributed by atoms with van der Waals surface area (Å²) in [6.45, 7) is 16.8. The minimum atomic E-state index is -1.45. The Morgan fingerprint density at radius 3 is 1.66 bits per heavy atom. The van der Waals surface area contributed by atoms with Crippen LogP contribution < -0.4 is 10.1 Å². The molecule has 0 atom stereocenters. The van der Waals surface area contributed by atoms with Gasteiger partial charge in [0.25, 0.3) is 0 Å². The van der Waals surface area contributed by atoms with E-state index in [0.717, 1.165) is 0 Å². The predicted molar refractivity (Wildman–Crippen MR) is 205 cm³/mol. The summed E-state index contributed by atoms with van der Waals surface area (Å²) < 4.78 is 0. The van der Waals surface area contributed by atoms with Gasteiger partial charge in [-0.05, 0) is 92.5 Å². The van der Waals surface area contributed by atoms with Crippen LogP contribution in [0.5, 0.6) is 0 Å². The Morgan fingerprint density at radius 2 is 0.979 bits per heavy atom. The molecule has 0 fully saturated rings. The molecule has 47 heavy (non-hydrogen) atoms. The van der Waals surface area contributed by atoms with Crippen LogP contribution in [-0.4, -0.2) is 8.07 Å². The van der Waals surface area contributed by atoms with Crippen LogP contribution in [-0.2, 0) is 10.8 Å². The van der Waals surface area contributed by atoms with Gasteiger partial charge < -0.3 is 4.90 Å². The van der Waals surface area contributed by atoms with Crippen molar-refractivity contribution in [2.75, 3.05) is 4.90 Å². The summed E-state index contributed by atoms with van der Waals surface area (Å²) in [6.07, 6.45) is 0. The van der Waals surface area contributed by atoms with Crippen LogP contribution in [0.4, 0.5) is 17.1 Å². The van der Waals surface area contributed by atoms with E-state index in [0.29, 0.717) is 0 Å². The average molecular weight is 626 g/mol. The molecule has 8 rings (SSSR count). The van der Waals surface area contributed by atoms with Gasteiger partial charge in [0.15, 0.2) is 0 Å². The van der Waals surface area contributed by atoms with Crippen molar-refractivity contribution in [3.63, 3.8) is 0 Å². The van der Waals surface area contributed by atoms with E-state index in [1.807, 2.05) is 0 Å². The Morgan fingerprint density at radius 1 is 0.447 bits per heavy atom. The van der Waals surface area contributed by atoms with E-state index in [4.69, 9.17) is 0 Å². The second-order valence-electron chi connectivity index (χ2n) is 15.5. The van der Waals surface area contributed by atoms with Gasteiger partial charge in [0, 0.05) is 27.8 Å². The molecular formula is C45H43NSi. The van der Waals surface area contributed by atoms with Crippen LogP contribution in [0.25, 0.3) is 33.4 Å². The number of fused-ring (bicyclic) bond motifs is 6. The van der Waals surface area contributed by atoms with Crippen molar-refractivity contribution >= 4 is 30.3 Å². The first kappa shape index (κ1) is 29.7. The molecule has 0 saturated heterocycles. The molecule has 0 N–H and O–H groups in total. The summed E-state index contributed by atoms with van der Waals surface area (Å²) in [5, 5.41) is 1.47. The van der Waals surface area contributed by atoms with Gasteiger partial charge in [-0.15, -0.1) is 0 Å². The van der Waals surface area contributed by atoms with Gasteiger partial charge >= 0.3 is 0 Å². The fourth-order valence-corrected chi connectivity index (χ4v) is 9.29. The fourth-order valence-electron chi connectivity index (χ4n) is 8.12. The lowest BCUT2D eigenvalue weighted by molar-refractivity contribution is 0.652. The van der Waals surface area contributed by atoms with Gasteiger partial charge in [0.1, 0.15) is 0 Å². The Bertz CT molecular complexity index is 2150. The Hall–Kier alpha value is -4.66. The molecule has 0 unspecified atom stereocenters. The van der Waals surface area contributed by atoms with E-state index in [2.05, 4.69) is 186 Å². The van der Waals surface area contributed by atoms with Crippen LogP contribution in [0, 0.1) is 0 Å². The van der Waals surface area contributed by atoms with Crippen molar-refractivity contribution in [1.82, 2.24) is 0 Å². The lowest BCUT2D eigenvalue weighted by atomic mass is 9.79. The number of rotatable bonds is 5. The molecule has 0 heterocycles. The standard InChI is InChI=1S/C45H43NSi/c1-44(2)38-17-12-11-16-35(38)36-28-41-37(29-40(36)44)43-39(45(41,3)4)18-13-19-42(43)46(33-24-26-34(27-25-33)47(5,6)7)32-22-20-31(21-23-32)30-14-9-8-10-15-30/h8-29H,1-7H3. The molecule has 0 aliphatic heterocycles. The maximum atomic E-state index is 2.53. The first-order chi connectivity index (χ1) is 22.5. The Balaban J connectivity index is 1.34. The smallest absolute Gasteiger partial charge is 0.0775 e. The lowest BCUT2D eigenvalue weighted by Crippen LogP contribution is -2.37. The molecular weight excluding hydrogens is 583 g/mol. The van der Waals surface area contributed by atoms with Crippen LogP contribution >= 0.6 is 0 Å². The van der Waals surface area contributed by atoms with Gasteiger partial charge in [0.2, 0.25) is 0 Å². The molecule has 232 valence electrons. The third kappa shape index (κ3) is 4.57. The minimum absolute atomic E-state index is 0.0531. The third-order valence-electron chi connectivity index (χ3n) is 10.8. The van der Waals surface area contributed by atoms with E-state index in [1.165, 1.54) is 77.9 Å². The monoisotopic (exact) mass is 625 g/mol. The molecule has 6 aromatic carbocycles. The molecule has 2 heteroatoms. The first-order valence-corrected chi connectivity index (χ1v) is 20.5. The minimum Gasteiger partial charge on any atom is -0.310 e. The maximum Gasteiger partial charge on any atom is 0.0775 e. The zero-order chi connectivity index (χ0) is 32.7. The highest BCUT2D eigenvalue weighted by Crippen LogP contribution is 2.58. The van der Waals surface area contributed by atoms with Crippen LogP contribution in [0.3, 0.4) is 0 Å². The zero-order valence-electron chi connectivity index (χ0n) is 28.6. The van der Waals surface area contributed by atoms with Gasteiger partial charge in [-0.2, -0.15) is 0 Å². The summed E-state index contributed by atoms with van der Waals surface area (Å²) in [7, 11) is -1.45. The number of nitrogens with zero attached hydrogens (tertiary/aromatic N) is 1. The van der Waals surface area contributed by atoms with Crippen molar-refractivity contribution in [3.05, 3.63) is 156 Å². The second kappa shape index (κ2) is 10.4. The summed E-state index contributed by atoms with van der Waals surface area (Å²) in [6, 6.07) is 50.2. The first-order valence-electron chi connectivity index (χ1n) is 17.0. The molecule has 0 amide bonds. The topological polar surface area (TPSA) is 3.24 Å². The molecule has 0 bridgehead atoms. The molecule has 0 radical (unpaired) electrons. The summed E-state index contributed by atoms with van der Waals surface area (Å²) in [5.41, 5.74) is 17.0. The number of hydrogen-bond acceptors (Lipinski definition) is 1. The number of anilines is 3. The maximum absolute atomic E-state index is 2.53. The van der Waals surface area contributed by atoms with Crippen LogP contribution in [0.15, 0.2) is 133 Å². The van der Waals surface area contributed by atoms with Crippen molar-refractivity contribution in [2.24, 2.45) is 0 Å². The van der Waals surface area contributed by atoms with E-state index in [9.17, 15) is 0 Å². The van der Waals surface area contributed by atoms with Crippen molar-refractivity contribution in [2.45, 2.75) is 58.2 Å². The van der Waals surface area contributed by atoms with Gasteiger partial charge in [-0.1, -0.05) is 144 Å². The van der Waals surface area contributed by atoms with Crippen molar-refractivity contribution in [3.8, 4) is 33.4 Å². The van der Waals surface area contributed by atoms with E-state index < -0.39 is 8.07 Å². The van der Waals surface area contributed by atoms with Crippen LogP contribution in [0.1, 0.15) is 49.9 Å². The molecule has 2 aliphatic carbocycles. The van der Waals surface area contributed by atoms with Gasteiger partial charge in [-0.3, -0.25) is 0 Å². The average Bonchev–Trinajstić information content (AvgIpc) is 3.44. The van der Waals surface area contributed by atoms with Gasteiger partial charge in [-0.25, -0.2) is 0 Å². The Labute approximate surface area is 281 Å². The second-order valence-corrected chi connectivity index (χ2v) is 20.6. The molecule has 6 aromatic rings. The SMILES string of the molecule is CC1(C)c2ccccc2-c2cc3c(cc21)-c1c(N(c2ccc(-c4ccccc4)cc2)c2ccc([Si](C)(C)C)cc2)cccc1C3(C)C. The summed E-state index contributed by atoms with van der Waals surface area (Å²) >= 11 is 0. The predicted octanol–water partition coefficient (Wildman–Crippen LogP) is 12.0. The van der Waals surface area contributed by atoms with E-state index >= 15 is 0 Å².